The number of hydrogen-bond acceptors (Lipinski definition) is 2. The minimum absolute atomic E-state index is 0.0340. The Morgan fingerprint density at radius 1 is 1.40 bits per heavy atom. The fourth-order valence-electron chi connectivity index (χ4n) is 1.29. The van der Waals surface area contributed by atoms with Gasteiger partial charge >= 0.3 is 0 Å². The van der Waals surface area contributed by atoms with Gasteiger partial charge < -0.3 is 4.57 Å². The summed E-state index contributed by atoms with van der Waals surface area (Å²) in [6.45, 7) is 5.98. The summed E-state index contributed by atoms with van der Waals surface area (Å²) in [6.07, 6.45) is 2.14. The third-order valence-electron chi connectivity index (χ3n) is 2.63. The van der Waals surface area contributed by atoms with Gasteiger partial charge in [-0.25, -0.2) is 0 Å². The van der Waals surface area contributed by atoms with Crippen LogP contribution in [-0.2, 0) is 0 Å². The van der Waals surface area contributed by atoms with Crippen molar-refractivity contribution in [2.24, 2.45) is 5.92 Å². The molecular weight excluding hydrogens is 214 g/mol. The maximum atomic E-state index is 11.8. The highest BCUT2D eigenvalue weighted by Gasteiger charge is 2.14. The van der Waals surface area contributed by atoms with E-state index in [-0.39, 0.29) is 22.2 Å². The second-order valence-electron chi connectivity index (χ2n) is 3.89. The molecule has 0 aromatic carbocycles. The van der Waals surface area contributed by atoms with Crippen molar-refractivity contribution in [3.63, 3.8) is 0 Å². The van der Waals surface area contributed by atoms with Gasteiger partial charge in [0.15, 0.2) is 6.29 Å². The summed E-state index contributed by atoms with van der Waals surface area (Å²) in [7, 11) is 0. The zero-order chi connectivity index (χ0) is 11.6. The maximum absolute atomic E-state index is 11.8. The van der Waals surface area contributed by atoms with Gasteiger partial charge in [0.1, 0.15) is 0 Å². The standard InChI is InChI=1S/C11H14ClNO2/c1-7(2)8(3)13-5-4-10(12)9(6-14)11(13)15/h4-8H,1-3H3. The van der Waals surface area contributed by atoms with Crippen LogP contribution in [0, 0.1) is 5.92 Å². The highest BCUT2D eigenvalue weighted by Crippen LogP contribution is 2.16. The second kappa shape index (κ2) is 4.62. The minimum atomic E-state index is -0.321. The number of hydrogen-bond donors (Lipinski definition) is 0. The Morgan fingerprint density at radius 3 is 2.47 bits per heavy atom. The molecule has 1 heterocycles. The van der Waals surface area contributed by atoms with Gasteiger partial charge in [0.05, 0.1) is 10.6 Å². The Balaban J connectivity index is 3.34. The molecule has 0 aliphatic carbocycles. The number of halogens is 1. The number of pyridine rings is 1. The molecule has 0 saturated heterocycles. The van der Waals surface area contributed by atoms with E-state index in [1.165, 1.54) is 0 Å². The molecule has 1 unspecified atom stereocenters. The van der Waals surface area contributed by atoms with Crippen LogP contribution in [-0.4, -0.2) is 10.9 Å². The third-order valence-corrected chi connectivity index (χ3v) is 2.95. The van der Waals surface area contributed by atoms with E-state index in [4.69, 9.17) is 11.6 Å². The number of carbonyl (C=O) groups is 1. The van der Waals surface area contributed by atoms with Gasteiger partial charge in [0.25, 0.3) is 5.56 Å². The van der Waals surface area contributed by atoms with Crippen LogP contribution in [0.1, 0.15) is 37.2 Å². The van der Waals surface area contributed by atoms with Crippen LogP contribution in [0.3, 0.4) is 0 Å². The molecule has 0 N–H and O–H groups in total. The van der Waals surface area contributed by atoms with Crippen molar-refractivity contribution in [1.82, 2.24) is 4.57 Å². The highest BCUT2D eigenvalue weighted by atomic mass is 35.5. The van der Waals surface area contributed by atoms with Crippen LogP contribution < -0.4 is 5.56 Å². The first-order valence-corrected chi connectivity index (χ1v) is 5.22. The molecule has 0 fully saturated rings. The van der Waals surface area contributed by atoms with Crippen LogP contribution in [0.15, 0.2) is 17.1 Å². The summed E-state index contributed by atoms with van der Waals surface area (Å²) < 4.78 is 1.54. The van der Waals surface area contributed by atoms with Crippen LogP contribution in [0.2, 0.25) is 5.02 Å². The van der Waals surface area contributed by atoms with Crippen LogP contribution in [0.25, 0.3) is 0 Å². The number of aldehydes is 1. The van der Waals surface area contributed by atoms with Crippen LogP contribution in [0.5, 0.6) is 0 Å². The molecule has 3 nitrogen and oxygen atoms in total. The Labute approximate surface area is 93.7 Å². The fourth-order valence-corrected chi connectivity index (χ4v) is 1.47. The van der Waals surface area contributed by atoms with Gasteiger partial charge in [0, 0.05) is 12.2 Å². The van der Waals surface area contributed by atoms with Gasteiger partial charge in [-0.1, -0.05) is 25.4 Å². The van der Waals surface area contributed by atoms with Crippen LogP contribution in [0.4, 0.5) is 0 Å². The second-order valence-corrected chi connectivity index (χ2v) is 4.30. The predicted molar refractivity (Wildman–Crippen MR) is 60.6 cm³/mol. The van der Waals surface area contributed by atoms with E-state index < -0.39 is 0 Å². The van der Waals surface area contributed by atoms with Crippen molar-refractivity contribution in [2.75, 3.05) is 0 Å². The number of nitrogens with zero attached hydrogens (tertiary/aromatic N) is 1. The first-order valence-electron chi connectivity index (χ1n) is 4.84. The lowest BCUT2D eigenvalue weighted by molar-refractivity contribution is 0.112. The maximum Gasteiger partial charge on any atom is 0.262 e. The van der Waals surface area contributed by atoms with Crippen LogP contribution >= 0.6 is 11.6 Å². The van der Waals surface area contributed by atoms with Gasteiger partial charge in [-0.15, -0.1) is 0 Å². The van der Waals surface area contributed by atoms with E-state index in [0.29, 0.717) is 12.2 Å². The minimum Gasteiger partial charge on any atom is -0.312 e. The van der Waals surface area contributed by atoms with Crippen molar-refractivity contribution in [1.29, 1.82) is 0 Å². The molecule has 4 heteroatoms. The molecule has 1 aromatic heterocycles. The van der Waals surface area contributed by atoms with Crippen molar-refractivity contribution >= 4 is 17.9 Å². The molecule has 0 aliphatic rings. The molecule has 0 amide bonds. The quantitative estimate of drug-likeness (QED) is 0.745. The normalized spacial score (nSPS) is 12.9. The molecule has 1 aromatic rings. The molecule has 0 saturated carbocycles. The van der Waals surface area contributed by atoms with E-state index in [0.717, 1.165) is 0 Å². The summed E-state index contributed by atoms with van der Waals surface area (Å²) >= 11 is 5.74. The summed E-state index contributed by atoms with van der Waals surface area (Å²) in [5.41, 5.74) is -0.287. The van der Waals surface area contributed by atoms with E-state index in [1.807, 2.05) is 20.8 Å². The topological polar surface area (TPSA) is 39.1 Å². The molecular formula is C11H14ClNO2. The molecule has 0 spiro atoms. The number of carbonyl (C=O) groups excluding carboxylic acids is 1. The SMILES string of the molecule is CC(C)C(C)n1ccc(Cl)c(C=O)c1=O. The summed E-state index contributed by atoms with van der Waals surface area (Å²) in [5.74, 6) is 0.323. The van der Waals surface area contributed by atoms with Gasteiger partial charge in [-0.05, 0) is 18.9 Å². The third kappa shape index (κ3) is 2.29. The summed E-state index contributed by atoms with van der Waals surface area (Å²) in [6, 6.07) is 1.62. The Hall–Kier alpha value is -1.09. The lowest BCUT2D eigenvalue weighted by Gasteiger charge is -2.19. The van der Waals surface area contributed by atoms with Crippen molar-refractivity contribution < 1.29 is 4.79 Å². The molecule has 0 bridgehead atoms. The zero-order valence-electron chi connectivity index (χ0n) is 9.03. The Kier molecular flexibility index (Phi) is 3.69. The molecule has 1 atom stereocenters. The van der Waals surface area contributed by atoms with Crippen molar-refractivity contribution in [3.05, 3.63) is 33.2 Å². The highest BCUT2D eigenvalue weighted by molar-refractivity contribution is 6.32. The molecule has 1 rings (SSSR count). The predicted octanol–water partition coefficient (Wildman–Crippen LogP) is 2.53. The molecule has 82 valence electrons. The lowest BCUT2D eigenvalue weighted by atomic mass is 10.1. The number of aromatic nitrogens is 1. The molecule has 0 aliphatic heterocycles. The van der Waals surface area contributed by atoms with Crippen molar-refractivity contribution in [3.8, 4) is 0 Å². The first kappa shape index (κ1) is 12.0. The molecule has 15 heavy (non-hydrogen) atoms. The zero-order valence-corrected chi connectivity index (χ0v) is 9.78. The average Bonchev–Trinajstić information content (AvgIpc) is 2.17. The van der Waals surface area contributed by atoms with Gasteiger partial charge in [0.2, 0.25) is 0 Å². The largest absolute Gasteiger partial charge is 0.312 e. The summed E-state index contributed by atoms with van der Waals surface area (Å²) in [4.78, 5) is 22.5. The monoisotopic (exact) mass is 227 g/mol. The van der Waals surface area contributed by atoms with E-state index >= 15 is 0 Å². The van der Waals surface area contributed by atoms with E-state index in [2.05, 4.69) is 0 Å². The van der Waals surface area contributed by atoms with Crippen molar-refractivity contribution in [2.45, 2.75) is 26.8 Å². The Bertz CT molecular complexity index is 423. The fraction of sp³-hybridized carbons (Fsp3) is 0.455. The number of rotatable bonds is 3. The smallest absolute Gasteiger partial charge is 0.262 e. The van der Waals surface area contributed by atoms with Gasteiger partial charge in [-0.2, -0.15) is 0 Å². The summed E-state index contributed by atoms with van der Waals surface area (Å²) in [5, 5.41) is 0.210. The van der Waals surface area contributed by atoms with Gasteiger partial charge in [-0.3, -0.25) is 9.59 Å². The molecule has 0 radical (unpaired) electrons. The first-order chi connectivity index (χ1) is 6.99. The average molecular weight is 228 g/mol. The lowest BCUT2D eigenvalue weighted by Crippen LogP contribution is -2.28. The van der Waals surface area contributed by atoms with E-state index in [9.17, 15) is 9.59 Å². The Morgan fingerprint density at radius 2 is 2.00 bits per heavy atom. The van der Waals surface area contributed by atoms with E-state index in [1.54, 1.807) is 16.8 Å².